The van der Waals surface area contributed by atoms with Crippen molar-refractivity contribution in [2.75, 3.05) is 24.5 Å². The number of nitrogens with two attached hydrogens (primary N) is 1. The maximum absolute atomic E-state index is 13.5. The number of para-hydroxylation sites is 1. The van der Waals surface area contributed by atoms with Gasteiger partial charge in [-0.2, -0.15) is 0 Å². The van der Waals surface area contributed by atoms with Crippen molar-refractivity contribution in [2.45, 2.75) is 25.8 Å². The van der Waals surface area contributed by atoms with Crippen molar-refractivity contribution in [3.8, 4) is 0 Å². The lowest BCUT2D eigenvalue weighted by molar-refractivity contribution is 0.0847. The Morgan fingerprint density at radius 1 is 0.912 bits per heavy atom. The summed E-state index contributed by atoms with van der Waals surface area (Å²) in [6, 6.07) is 23.0. The molecule has 0 bridgehead atoms. The molecule has 2 heterocycles. The monoisotopic (exact) mass is 473 g/mol. The van der Waals surface area contributed by atoms with Crippen molar-refractivity contribution < 1.29 is 9.59 Å². The molecule has 5 nitrogen and oxygen atoms in total. The first-order chi connectivity index (χ1) is 16.4. The van der Waals surface area contributed by atoms with Gasteiger partial charge in [0, 0.05) is 34.9 Å². The summed E-state index contributed by atoms with van der Waals surface area (Å²) in [5.74, 6) is -0.375. The van der Waals surface area contributed by atoms with Crippen LogP contribution in [-0.2, 0) is 13.0 Å². The van der Waals surface area contributed by atoms with Crippen LogP contribution in [0.2, 0.25) is 5.02 Å². The van der Waals surface area contributed by atoms with Gasteiger partial charge in [-0.15, -0.1) is 0 Å². The van der Waals surface area contributed by atoms with Crippen LogP contribution in [0.1, 0.15) is 44.7 Å². The number of halogens is 1. The molecule has 0 saturated carbocycles. The molecule has 2 aliphatic heterocycles. The number of carbonyl (C=O) groups excluding carboxylic acids is 2. The molecule has 2 amide bonds. The summed E-state index contributed by atoms with van der Waals surface area (Å²) in [6.07, 6.45) is 3.01. The molecule has 5 rings (SSSR count). The number of rotatable bonds is 4. The largest absolute Gasteiger partial charge is 0.366 e. The number of fused-ring (bicyclic) bond motifs is 1. The number of hydrogen-bond donors (Lipinski definition) is 1. The number of piperidine rings is 1. The Kier molecular flexibility index (Phi) is 6.15. The second-order valence-corrected chi connectivity index (χ2v) is 9.98. The van der Waals surface area contributed by atoms with Gasteiger partial charge in [0.2, 0.25) is 5.91 Å². The standard InChI is InChI=1S/C28H28ClN3O2/c29-24-10-8-21(9-11-24)27(34)32-19-28(17-23-5-1-2-7-25(23)32)12-14-31(15-13-28)18-20-4-3-6-22(16-20)26(30)33/h1-11,16H,12-15,17-19H2,(H2,30,33). The third-order valence-corrected chi connectivity index (χ3v) is 7.46. The third-order valence-electron chi connectivity index (χ3n) is 7.21. The first-order valence-electron chi connectivity index (χ1n) is 11.7. The van der Waals surface area contributed by atoms with E-state index in [1.807, 2.05) is 29.2 Å². The number of primary amides is 1. The zero-order valence-corrected chi connectivity index (χ0v) is 19.8. The predicted molar refractivity (Wildman–Crippen MR) is 135 cm³/mol. The first kappa shape index (κ1) is 22.6. The molecule has 0 aromatic heterocycles. The van der Waals surface area contributed by atoms with Crippen molar-refractivity contribution in [3.05, 3.63) is 100 Å². The van der Waals surface area contributed by atoms with Crippen LogP contribution in [0.5, 0.6) is 0 Å². The highest BCUT2D eigenvalue weighted by molar-refractivity contribution is 6.30. The van der Waals surface area contributed by atoms with E-state index < -0.39 is 5.91 Å². The Morgan fingerprint density at radius 3 is 2.38 bits per heavy atom. The fourth-order valence-corrected chi connectivity index (χ4v) is 5.46. The Balaban J connectivity index is 1.33. The molecule has 2 N–H and O–H groups in total. The van der Waals surface area contributed by atoms with Crippen LogP contribution in [0.25, 0.3) is 0 Å². The number of carbonyl (C=O) groups is 2. The van der Waals surface area contributed by atoms with Crippen LogP contribution in [0.3, 0.4) is 0 Å². The minimum atomic E-state index is -0.397. The molecular formula is C28H28ClN3O2. The average molecular weight is 474 g/mol. The summed E-state index contributed by atoms with van der Waals surface area (Å²) < 4.78 is 0. The van der Waals surface area contributed by atoms with Gasteiger partial charge in [0.15, 0.2) is 0 Å². The Bertz CT molecular complexity index is 1220. The van der Waals surface area contributed by atoms with Crippen molar-refractivity contribution in [2.24, 2.45) is 11.1 Å². The van der Waals surface area contributed by atoms with E-state index >= 15 is 0 Å². The van der Waals surface area contributed by atoms with Crippen LogP contribution in [0, 0.1) is 5.41 Å². The van der Waals surface area contributed by atoms with E-state index in [2.05, 4.69) is 23.1 Å². The van der Waals surface area contributed by atoms with Crippen LogP contribution < -0.4 is 10.6 Å². The zero-order valence-electron chi connectivity index (χ0n) is 19.0. The lowest BCUT2D eigenvalue weighted by Crippen LogP contribution is -2.51. The fraction of sp³-hybridized carbons (Fsp3) is 0.286. The molecule has 0 atom stereocenters. The molecule has 1 fully saturated rings. The smallest absolute Gasteiger partial charge is 0.258 e. The molecule has 1 spiro atoms. The molecule has 0 aliphatic carbocycles. The van der Waals surface area contributed by atoms with E-state index in [-0.39, 0.29) is 11.3 Å². The predicted octanol–water partition coefficient (Wildman–Crippen LogP) is 4.92. The van der Waals surface area contributed by atoms with Crippen LogP contribution in [0.15, 0.2) is 72.8 Å². The molecule has 2 aliphatic rings. The number of benzene rings is 3. The summed E-state index contributed by atoms with van der Waals surface area (Å²) in [4.78, 5) is 29.4. The third kappa shape index (κ3) is 4.59. The maximum atomic E-state index is 13.5. The topological polar surface area (TPSA) is 66.6 Å². The highest BCUT2D eigenvalue weighted by Crippen LogP contribution is 2.44. The van der Waals surface area contributed by atoms with Crippen molar-refractivity contribution in [1.82, 2.24) is 4.90 Å². The average Bonchev–Trinajstić information content (AvgIpc) is 2.85. The minimum Gasteiger partial charge on any atom is -0.366 e. The number of anilines is 1. The van der Waals surface area contributed by atoms with Gasteiger partial charge in [-0.25, -0.2) is 0 Å². The van der Waals surface area contributed by atoms with Crippen LogP contribution >= 0.6 is 11.6 Å². The number of nitrogens with zero attached hydrogens (tertiary/aromatic N) is 2. The van der Waals surface area contributed by atoms with Crippen molar-refractivity contribution >= 4 is 29.1 Å². The number of amides is 2. The second-order valence-electron chi connectivity index (χ2n) is 9.54. The quantitative estimate of drug-likeness (QED) is 0.584. The van der Waals surface area contributed by atoms with E-state index in [0.29, 0.717) is 16.1 Å². The lowest BCUT2D eigenvalue weighted by atomic mass is 9.70. The minimum absolute atomic E-state index is 0.0221. The molecule has 3 aromatic carbocycles. The molecule has 0 radical (unpaired) electrons. The van der Waals surface area contributed by atoms with E-state index in [1.54, 1.807) is 30.3 Å². The van der Waals surface area contributed by atoms with E-state index in [9.17, 15) is 9.59 Å². The molecule has 3 aromatic rings. The van der Waals surface area contributed by atoms with Gasteiger partial charge in [0.05, 0.1) is 0 Å². The number of hydrogen-bond acceptors (Lipinski definition) is 3. The maximum Gasteiger partial charge on any atom is 0.258 e. The second kappa shape index (κ2) is 9.24. The highest BCUT2D eigenvalue weighted by atomic mass is 35.5. The van der Waals surface area contributed by atoms with Gasteiger partial charge < -0.3 is 10.6 Å². The molecule has 174 valence electrons. The van der Waals surface area contributed by atoms with E-state index in [0.717, 1.165) is 56.7 Å². The van der Waals surface area contributed by atoms with Crippen LogP contribution in [0.4, 0.5) is 5.69 Å². The summed E-state index contributed by atoms with van der Waals surface area (Å²) in [7, 11) is 0. The molecule has 0 unspecified atom stereocenters. The first-order valence-corrected chi connectivity index (χ1v) is 12.1. The van der Waals surface area contributed by atoms with E-state index in [1.165, 1.54) is 5.56 Å². The molecule has 1 saturated heterocycles. The number of likely N-dealkylation sites (tertiary alicyclic amines) is 1. The van der Waals surface area contributed by atoms with Gasteiger partial charge in [-0.05, 0) is 91.4 Å². The van der Waals surface area contributed by atoms with Crippen molar-refractivity contribution in [1.29, 1.82) is 0 Å². The molecule has 34 heavy (non-hydrogen) atoms. The molecular weight excluding hydrogens is 446 g/mol. The summed E-state index contributed by atoms with van der Waals surface area (Å²) in [5, 5.41) is 0.626. The fourth-order valence-electron chi connectivity index (χ4n) is 5.34. The zero-order chi connectivity index (χ0) is 23.7. The Labute approximate surface area is 205 Å². The summed E-state index contributed by atoms with van der Waals surface area (Å²) in [6.45, 7) is 3.41. The van der Waals surface area contributed by atoms with Crippen LogP contribution in [-0.4, -0.2) is 36.3 Å². The summed E-state index contributed by atoms with van der Waals surface area (Å²) in [5.41, 5.74) is 10.0. The summed E-state index contributed by atoms with van der Waals surface area (Å²) >= 11 is 6.04. The van der Waals surface area contributed by atoms with E-state index in [4.69, 9.17) is 17.3 Å². The Hall–Kier alpha value is -3.15. The van der Waals surface area contributed by atoms with Gasteiger partial charge >= 0.3 is 0 Å². The van der Waals surface area contributed by atoms with Gasteiger partial charge in [0.25, 0.3) is 5.91 Å². The Morgan fingerprint density at radius 2 is 1.65 bits per heavy atom. The van der Waals surface area contributed by atoms with Gasteiger partial charge in [-0.3, -0.25) is 14.5 Å². The normalized spacial score (nSPS) is 17.4. The highest BCUT2D eigenvalue weighted by Gasteiger charge is 2.42. The van der Waals surface area contributed by atoms with Crippen molar-refractivity contribution in [3.63, 3.8) is 0 Å². The lowest BCUT2D eigenvalue weighted by Gasteiger charge is -2.48. The van der Waals surface area contributed by atoms with Gasteiger partial charge in [-0.1, -0.05) is 41.9 Å². The molecule has 6 heteroatoms. The SMILES string of the molecule is NC(=O)c1cccc(CN2CCC3(CC2)Cc2ccccc2N(C(=O)c2ccc(Cl)cc2)C3)c1. The van der Waals surface area contributed by atoms with Gasteiger partial charge in [0.1, 0.15) is 0 Å².